The van der Waals surface area contributed by atoms with E-state index in [1.807, 2.05) is 17.6 Å². The molecule has 158 valence electrons. The van der Waals surface area contributed by atoms with Gasteiger partial charge in [0.05, 0.1) is 17.7 Å². The van der Waals surface area contributed by atoms with Crippen molar-refractivity contribution in [3.05, 3.63) is 71.7 Å². The number of alkyl carbamates (subject to hydrolysis) is 1. The molecule has 0 aliphatic rings. The first-order chi connectivity index (χ1) is 14.2. The number of carbonyl (C=O) groups excluding carboxylic acids is 1. The van der Waals surface area contributed by atoms with Crippen molar-refractivity contribution < 1.29 is 22.3 Å². The predicted octanol–water partition coefficient (Wildman–Crippen LogP) is 3.89. The number of halogens is 1. The third-order valence-electron chi connectivity index (χ3n) is 4.86. The largest absolute Gasteiger partial charge is 0.453 e. The summed E-state index contributed by atoms with van der Waals surface area (Å²) in [7, 11) is -1.99. The van der Waals surface area contributed by atoms with Crippen LogP contribution in [0.4, 0.5) is 9.18 Å². The molecule has 1 amide bonds. The maximum absolute atomic E-state index is 13.4. The number of ether oxygens (including phenoxy) is 1. The van der Waals surface area contributed by atoms with E-state index in [0.29, 0.717) is 13.0 Å². The van der Waals surface area contributed by atoms with Crippen LogP contribution < -0.4 is 5.32 Å². The molecule has 8 heteroatoms. The molecule has 0 saturated carbocycles. The van der Waals surface area contributed by atoms with Crippen molar-refractivity contribution in [3.8, 4) is 16.9 Å². The Balaban J connectivity index is 2.04. The Morgan fingerprint density at radius 2 is 1.73 bits per heavy atom. The Bertz CT molecular complexity index is 1150. The van der Waals surface area contributed by atoms with Gasteiger partial charge in [0, 0.05) is 24.2 Å². The molecule has 3 aromatic rings. The maximum atomic E-state index is 13.4. The average molecular weight is 431 g/mol. The first-order valence-electron chi connectivity index (χ1n) is 9.30. The number of methoxy groups -OCH3 is 1. The number of carbonyl (C=O) groups is 1. The molecule has 1 aromatic heterocycles. The number of sulfone groups is 1. The fourth-order valence-electron chi connectivity index (χ4n) is 3.29. The smallest absolute Gasteiger partial charge is 0.406 e. The first kappa shape index (κ1) is 21.6. The Morgan fingerprint density at radius 1 is 1.10 bits per heavy atom. The second-order valence-corrected chi connectivity index (χ2v) is 8.93. The third-order valence-corrected chi connectivity index (χ3v) is 5.99. The second-order valence-electron chi connectivity index (χ2n) is 6.92. The van der Waals surface area contributed by atoms with E-state index in [0.717, 1.165) is 28.2 Å². The van der Waals surface area contributed by atoms with Crippen LogP contribution in [-0.4, -0.2) is 39.0 Å². The molecule has 0 radical (unpaired) electrons. The van der Waals surface area contributed by atoms with Gasteiger partial charge in [-0.05, 0) is 66.9 Å². The number of aromatic nitrogens is 1. The van der Waals surface area contributed by atoms with E-state index in [1.54, 1.807) is 36.4 Å². The number of hydrogen-bond acceptors (Lipinski definition) is 4. The first-order valence-corrected chi connectivity index (χ1v) is 11.2. The zero-order valence-electron chi connectivity index (χ0n) is 17.0. The fourth-order valence-corrected chi connectivity index (χ4v) is 3.92. The van der Waals surface area contributed by atoms with Gasteiger partial charge < -0.3 is 14.6 Å². The molecule has 0 atom stereocenters. The van der Waals surface area contributed by atoms with Gasteiger partial charge in [-0.2, -0.15) is 0 Å². The lowest BCUT2D eigenvalue weighted by molar-refractivity contribution is 0.171. The third kappa shape index (κ3) is 4.71. The van der Waals surface area contributed by atoms with Gasteiger partial charge >= 0.3 is 6.09 Å². The number of hydrogen-bond donors (Lipinski definition) is 1. The zero-order valence-corrected chi connectivity index (χ0v) is 17.8. The number of nitrogens with one attached hydrogen (secondary N) is 1. The standard InChI is InChI=1S/C22H23FN2O4S/c1-15-17(12-13-24-22(26)29-2)14-21(25(15)19-8-6-18(23)7-9-19)16-4-10-20(11-5-16)30(3,27)28/h4-11,14H,12-13H2,1-3H3,(H,24,26). The molecular formula is C22H23FN2O4S. The summed E-state index contributed by atoms with van der Waals surface area (Å²) in [6.45, 7) is 2.35. The SMILES string of the molecule is COC(=O)NCCc1cc(-c2ccc(S(C)(=O)=O)cc2)n(-c2ccc(F)cc2)c1C. The van der Waals surface area contributed by atoms with Crippen molar-refractivity contribution in [3.63, 3.8) is 0 Å². The van der Waals surface area contributed by atoms with E-state index in [1.165, 1.54) is 25.5 Å². The minimum absolute atomic E-state index is 0.241. The lowest BCUT2D eigenvalue weighted by Crippen LogP contribution is -2.25. The molecule has 3 rings (SSSR count). The molecule has 6 nitrogen and oxygen atoms in total. The summed E-state index contributed by atoms with van der Waals surface area (Å²) in [5.41, 5.74) is 4.38. The molecule has 1 heterocycles. The number of amides is 1. The fraction of sp³-hybridized carbons (Fsp3) is 0.227. The molecule has 0 fully saturated rings. The van der Waals surface area contributed by atoms with Crippen molar-refractivity contribution in [1.29, 1.82) is 0 Å². The summed E-state index contributed by atoms with van der Waals surface area (Å²) in [5, 5.41) is 2.66. The van der Waals surface area contributed by atoms with Crippen molar-refractivity contribution >= 4 is 15.9 Å². The highest BCUT2D eigenvalue weighted by molar-refractivity contribution is 7.90. The minimum Gasteiger partial charge on any atom is -0.453 e. The summed E-state index contributed by atoms with van der Waals surface area (Å²) >= 11 is 0. The molecule has 0 unspecified atom stereocenters. The van der Waals surface area contributed by atoms with Crippen molar-refractivity contribution in [1.82, 2.24) is 9.88 Å². The summed E-state index contributed by atoms with van der Waals surface area (Å²) < 4.78 is 43.6. The van der Waals surface area contributed by atoms with Crippen LogP contribution in [0.15, 0.2) is 59.5 Å². The lowest BCUT2D eigenvalue weighted by atomic mass is 10.1. The van der Waals surface area contributed by atoms with Crippen LogP contribution in [0.25, 0.3) is 16.9 Å². The zero-order chi connectivity index (χ0) is 21.9. The predicted molar refractivity (Wildman–Crippen MR) is 113 cm³/mol. The highest BCUT2D eigenvalue weighted by Crippen LogP contribution is 2.30. The topological polar surface area (TPSA) is 77.4 Å². The molecular weight excluding hydrogens is 407 g/mol. The Labute approximate surface area is 175 Å². The summed E-state index contributed by atoms with van der Waals surface area (Å²) in [5.74, 6) is -0.329. The molecule has 0 saturated heterocycles. The summed E-state index contributed by atoms with van der Waals surface area (Å²) in [4.78, 5) is 11.6. The Hall–Kier alpha value is -3.13. The minimum atomic E-state index is -3.30. The van der Waals surface area contributed by atoms with E-state index in [4.69, 9.17) is 0 Å². The normalized spacial score (nSPS) is 11.3. The van der Waals surface area contributed by atoms with Gasteiger partial charge in [-0.3, -0.25) is 0 Å². The van der Waals surface area contributed by atoms with E-state index < -0.39 is 15.9 Å². The number of benzene rings is 2. The monoisotopic (exact) mass is 430 g/mol. The Morgan fingerprint density at radius 3 is 2.30 bits per heavy atom. The summed E-state index contributed by atoms with van der Waals surface area (Å²) in [6.07, 6.45) is 1.24. The maximum Gasteiger partial charge on any atom is 0.406 e. The second kappa shape index (κ2) is 8.71. The van der Waals surface area contributed by atoms with Gasteiger partial charge in [-0.1, -0.05) is 12.1 Å². The van der Waals surface area contributed by atoms with Crippen LogP contribution >= 0.6 is 0 Å². The molecule has 1 N–H and O–H groups in total. The van der Waals surface area contributed by atoms with Crippen LogP contribution in [0, 0.1) is 12.7 Å². The number of nitrogens with zero attached hydrogens (tertiary/aromatic N) is 1. The van der Waals surface area contributed by atoms with Gasteiger partial charge in [0.1, 0.15) is 5.82 Å². The van der Waals surface area contributed by atoms with Gasteiger partial charge in [0.25, 0.3) is 0 Å². The molecule has 0 aliphatic carbocycles. The van der Waals surface area contributed by atoms with Gasteiger partial charge in [-0.15, -0.1) is 0 Å². The van der Waals surface area contributed by atoms with E-state index in [-0.39, 0.29) is 10.7 Å². The van der Waals surface area contributed by atoms with Gasteiger partial charge in [0.2, 0.25) is 0 Å². The molecule has 2 aromatic carbocycles. The lowest BCUT2D eigenvalue weighted by Gasteiger charge is -2.13. The highest BCUT2D eigenvalue weighted by atomic mass is 32.2. The van der Waals surface area contributed by atoms with Crippen LogP contribution in [0.3, 0.4) is 0 Å². The van der Waals surface area contributed by atoms with E-state index in [2.05, 4.69) is 10.1 Å². The molecule has 0 spiro atoms. The van der Waals surface area contributed by atoms with Crippen molar-refractivity contribution in [2.45, 2.75) is 18.2 Å². The van der Waals surface area contributed by atoms with Gasteiger partial charge in [0.15, 0.2) is 9.84 Å². The van der Waals surface area contributed by atoms with E-state index >= 15 is 0 Å². The van der Waals surface area contributed by atoms with E-state index in [9.17, 15) is 17.6 Å². The molecule has 0 aliphatic heterocycles. The molecule has 0 bridgehead atoms. The summed E-state index contributed by atoms with van der Waals surface area (Å²) in [6, 6.07) is 14.8. The van der Waals surface area contributed by atoms with Crippen LogP contribution in [0.5, 0.6) is 0 Å². The Kier molecular flexibility index (Phi) is 6.26. The van der Waals surface area contributed by atoms with Crippen molar-refractivity contribution in [2.75, 3.05) is 19.9 Å². The number of rotatable bonds is 6. The van der Waals surface area contributed by atoms with Crippen molar-refractivity contribution in [2.24, 2.45) is 0 Å². The van der Waals surface area contributed by atoms with Crippen LogP contribution in [0.1, 0.15) is 11.3 Å². The molecule has 30 heavy (non-hydrogen) atoms. The average Bonchev–Trinajstić information content (AvgIpc) is 3.04. The highest BCUT2D eigenvalue weighted by Gasteiger charge is 2.16. The van der Waals surface area contributed by atoms with Crippen LogP contribution in [0.2, 0.25) is 0 Å². The van der Waals surface area contributed by atoms with Gasteiger partial charge in [-0.25, -0.2) is 17.6 Å². The van der Waals surface area contributed by atoms with Crippen LogP contribution in [-0.2, 0) is 21.0 Å². The quantitative estimate of drug-likeness (QED) is 0.644.